The van der Waals surface area contributed by atoms with Gasteiger partial charge < -0.3 is 0 Å². The molecule has 0 saturated heterocycles. The van der Waals surface area contributed by atoms with Crippen LogP contribution in [0.1, 0.15) is 104 Å². The van der Waals surface area contributed by atoms with Crippen LogP contribution in [0.5, 0.6) is 0 Å². The summed E-state index contributed by atoms with van der Waals surface area (Å²) in [5.41, 5.74) is 12.2. The van der Waals surface area contributed by atoms with Gasteiger partial charge in [-0.25, -0.2) is 0 Å². The zero-order chi connectivity index (χ0) is 20.8. The molecule has 0 bridgehead atoms. The fourth-order valence-corrected chi connectivity index (χ4v) is 5.40. The average Bonchev–Trinajstić information content (AvgIpc) is 2.60. The Hall–Kier alpha value is -1.30. The van der Waals surface area contributed by atoms with E-state index in [-0.39, 0.29) is 0 Å². The second-order valence-corrected chi connectivity index (χ2v) is 9.64. The molecule has 0 spiro atoms. The maximum Gasteiger partial charge on any atom is -0.0107 e. The van der Waals surface area contributed by atoms with Crippen molar-refractivity contribution in [2.24, 2.45) is 11.8 Å². The lowest BCUT2D eigenvalue weighted by atomic mass is 9.70. The summed E-state index contributed by atoms with van der Waals surface area (Å²) in [6.07, 6.45) is 1.24. The fourth-order valence-electron chi connectivity index (χ4n) is 5.40. The van der Waals surface area contributed by atoms with Crippen LogP contribution in [0, 0.1) is 53.4 Å². The predicted molar refractivity (Wildman–Crippen MR) is 123 cm³/mol. The molecule has 0 aromatic heterocycles. The first-order valence-corrected chi connectivity index (χ1v) is 11.0. The van der Waals surface area contributed by atoms with Gasteiger partial charge in [-0.1, -0.05) is 48.0 Å². The first-order chi connectivity index (χ1) is 12.5. The van der Waals surface area contributed by atoms with Crippen molar-refractivity contribution in [3.05, 3.63) is 44.5 Å². The molecule has 0 heterocycles. The number of fused-ring (bicyclic) bond motifs is 1. The largest absolute Gasteiger partial charge is 0.0651 e. The number of benzene rings is 2. The van der Waals surface area contributed by atoms with Crippen LogP contribution in [0.25, 0.3) is 10.8 Å². The van der Waals surface area contributed by atoms with Gasteiger partial charge in [0.05, 0.1) is 0 Å². The Morgan fingerprint density at radius 1 is 0.556 bits per heavy atom. The SMILES string of the molecule is CCC(C)C(c1c(C)c(C)c2c(C)c(C)c(C)c(C)c2c1C(C)C)C(C)C. The van der Waals surface area contributed by atoms with Crippen LogP contribution in [-0.2, 0) is 0 Å². The molecule has 0 aliphatic carbocycles. The molecule has 0 amide bonds. The zero-order valence-corrected chi connectivity index (χ0v) is 20.0. The second-order valence-electron chi connectivity index (χ2n) is 9.64. The van der Waals surface area contributed by atoms with Crippen molar-refractivity contribution in [1.82, 2.24) is 0 Å². The van der Waals surface area contributed by atoms with E-state index in [1.807, 2.05) is 0 Å². The molecule has 0 aliphatic rings. The zero-order valence-electron chi connectivity index (χ0n) is 20.0. The maximum atomic E-state index is 2.45. The average molecular weight is 367 g/mol. The molecule has 0 N–H and O–H groups in total. The Kier molecular flexibility index (Phi) is 6.50. The van der Waals surface area contributed by atoms with E-state index >= 15 is 0 Å². The lowest BCUT2D eigenvalue weighted by Crippen LogP contribution is -2.20. The van der Waals surface area contributed by atoms with Crippen molar-refractivity contribution >= 4 is 10.8 Å². The molecule has 0 fully saturated rings. The monoisotopic (exact) mass is 366 g/mol. The standard InChI is InChI=1S/C27H42/c1-13-16(6)23(14(2)3)26-22(12)21(11)25-19(9)17(7)18(8)20(10)27(25)24(26)15(4)5/h14-16,23H,13H2,1-12H3. The van der Waals surface area contributed by atoms with Crippen molar-refractivity contribution in [2.75, 3.05) is 0 Å². The molecule has 2 aromatic carbocycles. The molecule has 0 heteroatoms. The van der Waals surface area contributed by atoms with Crippen molar-refractivity contribution < 1.29 is 0 Å². The van der Waals surface area contributed by atoms with Gasteiger partial charge in [0, 0.05) is 0 Å². The van der Waals surface area contributed by atoms with Gasteiger partial charge in [0.2, 0.25) is 0 Å². The van der Waals surface area contributed by atoms with E-state index in [1.165, 1.54) is 45.2 Å². The first-order valence-electron chi connectivity index (χ1n) is 11.0. The van der Waals surface area contributed by atoms with Gasteiger partial charge in [-0.3, -0.25) is 0 Å². The lowest BCUT2D eigenvalue weighted by Gasteiger charge is -2.35. The van der Waals surface area contributed by atoms with Gasteiger partial charge in [-0.05, 0) is 120 Å². The number of aryl methyl sites for hydroxylation is 3. The molecule has 150 valence electrons. The highest BCUT2D eigenvalue weighted by molar-refractivity contribution is 5.98. The van der Waals surface area contributed by atoms with Crippen LogP contribution in [0.15, 0.2) is 0 Å². The Bertz CT molecular complexity index is 849. The van der Waals surface area contributed by atoms with E-state index in [0.29, 0.717) is 23.7 Å². The number of hydrogen-bond donors (Lipinski definition) is 0. The first kappa shape index (κ1) is 22.0. The van der Waals surface area contributed by atoms with Crippen LogP contribution in [-0.4, -0.2) is 0 Å². The van der Waals surface area contributed by atoms with E-state index in [1.54, 1.807) is 16.5 Å². The number of rotatable bonds is 5. The molecular formula is C27H42. The van der Waals surface area contributed by atoms with Crippen LogP contribution in [0.4, 0.5) is 0 Å². The van der Waals surface area contributed by atoms with Crippen LogP contribution in [0.3, 0.4) is 0 Å². The summed E-state index contributed by atoms with van der Waals surface area (Å²) in [6, 6.07) is 0. The van der Waals surface area contributed by atoms with E-state index in [9.17, 15) is 0 Å². The molecule has 2 aromatic rings. The van der Waals surface area contributed by atoms with Crippen LogP contribution in [0.2, 0.25) is 0 Å². The summed E-state index contributed by atoms with van der Waals surface area (Å²) in [6.45, 7) is 28.4. The highest BCUT2D eigenvalue weighted by atomic mass is 14.3. The minimum absolute atomic E-state index is 0.535. The van der Waals surface area contributed by atoms with Crippen molar-refractivity contribution in [1.29, 1.82) is 0 Å². The van der Waals surface area contributed by atoms with E-state index < -0.39 is 0 Å². The molecule has 2 unspecified atom stereocenters. The fraction of sp³-hybridized carbons (Fsp3) is 0.630. The Labute approximate surface area is 168 Å². The Balaban J connectivity index is 3.16. The highest BCUT2D eigenvalue weighted by Crippen LogP contribution is 2.46. The van der Waals surface area contributed by atoms with Gasteiger partial charge in [0.1, 0.15) is 0 Å². The predicted octanol–water partition coefficient (Wildman–Crippen LogP) is 8.60. The van der Waals surface area contributed by atoms with Gasteiger partial charge in [0.15, 0.2) is 0 Å². The molecule has 0 aliphatic heterocycles. The summed E-state index contributed by atoms with van der Waals surface area (Å²) in [4.78, 5) is 0. The lowest BCUT2D eigenvalue weighted by molar-refractivity contribution is 0.352. The van der Waals surface area contributed by atoms with Crippen molar-refractivity contribution in [3.8, 4) is 0 Å². The smallest absolute Gasteiger partial charge is 0.0107 e. The van der Waals surface area contributed by atoms with E-state index in [4.69, 9.17) is 0 Å². The summed E-state index contributed by atoms with van der Waals surface area (Å²) in [7, 11) is 0. The summed E-state index contributed by atoms with van der Waals surface area (Å²) >= 11 is 0. The van der Waals surface area contributed by atoms with Gasteiger partial charge in [0.25, 0.3) is 0 Å². The van der Waals surface area contributed by atoms with Crippen molar-refractivity contribution in [3.63, 3.8) is 0 Å². The van der Waals surface area contributed by atoms with E-state index in [2.05, 4.69) is 83.1 Å². The van der Waals surface area contributed by atoms with Gasteiger partial charge in [-0.2, -0.15) is 0 Å². The highest BCUT2D eigenvalue weighted by Gasteiger charge is 2.30. The topological polar surface area (TPSA) is 0 Å². The van der Waals surface area contributed by atoms with Gasteiger partial charge in [-0.15, -0.1) is 0 Å². The molecule has 2 atom stereocenters. The molecule has 0 radical (unpaired) electrons. The maximum absolute atomic E-state index is 2.45. The van der Waals surface area contributed by atoms with Crippen LogP contribution >= 0.6 is 0 Å². The van der Waals surface area contributed by atoms with Crippen LogP contribution < -0.4 is 0 Å². The molecule has 2 rings (SSSR count). The summed E-state index contributed by atoms with van der Waals surface area (Å²) in [5.74, 6) is 2.51. The van der Waals surface area contributed by atoms with Gasteiger partial charge >= 0.3 is 0 Å². The number of hydrogen-bond acceptors (Lipinski definition) is 0. The Morgan fingerprint density at radius 3 is 1.41 bits per heavy atom. The molecule has 27 heavy (non-hydrogen) atoms. The minimum atomic E-state index is 0.535. The third kappa shape index (κ3) is 3.45. The molecule has 0 saturated carbocycles. The van der Waals surface area contributed by atoms with E-state index in [0.717, 1.165) is 0 Å². The Morgan fingerprint density at radius 2 is 1.00 bits per heavy atom. The molecule has 0 nitrogen and oxygen atoms in total. The molecular weight excluding hydrogens is 324 g/mol. The summed E-state index contributed by atoms with van der Waals surface area (Å²) in [5, 5.41) is 3.07. The quantitative estimate of drug-likeness (QED) is 0.497. The second kappa shape index (κ2) is 7.98. The summed E-state index contributed by atoms with van der Waals surface area (Å²) < 4.78 is 0. The minimum Gasteiger partial charge on any atom is -0.0651 e. The van der Waals surface area contributed by atoms with Crippen molar-refractivity contribution in [2.45, 2.75) is 101 Å². The third-order valence-corrected chi connectivity index (χ3v) is 7.47. The third-order valence-electron chi connectivity index (χ3n) is 7.47. The normalized spacial score (nSPS) is 14.4.